The van der Waals surface area contributed by atoms with E-state index in [9.17, 15) is 4.79 Å². The molecule has 1 N–H and O–H groups in total. The first-order valence-electron chi connectivity index (χ1n) is 8.68. The number of nitrogens with zero attached hydrogens (tertiary/aromatic N) is 6. The van der Waals surface area contributed by atoms with Gasteiger partial charge in [-0.1, -0.05) is 0 Å². The van der Waals surface area contributed by atoms with E-state index in [4.69, 9.17) is 4.74 Å². The Kier molecular flexibility index (Phi) is 5.77. The van der Waals surface area contributed by atoms with E-state index in [2.05, 4.69) is 30.4 Å². The molecule has 0 aromatic carbocycles. The summed E-state index contributed by atoms with van der Waals surface area (Å²) in [5.74, 6) is 1.52. The Labute approximate surface area is 152 Å². The molecule has 3 rings (SSSR count). The number of piperazine rings is 1. The molecule has 1 saturated heterocycles. The summed E-state index contributed by atoms with van der Waals surface area (Å²) < 4.78 is 5.39. The van der Waals surface area contributed by atoms with Gasteiger partial charge in [-0.15, -0.1) is 10.2 Å². The van der Waals surface area contributed by atoms with Crippen LogP contribution in [0.1, 0.15) is 12.6 Å². The predicted octanol–water partition coefficient (Wildman–Crippen LogP) is 0.734. The zero-order chi connectivity index (χ0) is 18.4. The SMILES string of the molecule is CCNc1ccc(N2CCN(C(=O)COc3nccc(C)n3)CC2)nn1. The summed E-state index contributed by atoms with van der Waals surface area (Å²) >= 11 is 0. The Morgan fingerprint density at radius 2 is 2.00 bits per heavy atom. The lowest BCUT2D eigenvalue weighted by Gasteiger charge is -2.35. The number of rotatable bonds is 6. The maximum atomic E-state index is 12.3. The fraction of sp³-hybridized carbons (Fsp3) is 0.471. The summed E-state index contributed by atoms with van der Waals surface area (Å²) in [4.78, 5) is 24.3. The molecule has 1 aliphatic rings. The van der Waals surface area contributed by atoms with Gasteiger partial charge in [0.25, 0.3) is 5.91 Å². The second-order valence-electron chi connectivity index (χ2n) is 5.94. The van der Waals surface area contributed by atoms with E-state index < -0.39 is 0 Å². The van der Waals surface area contributed by atoms with Crippen molar-refractivity contribution in [3.05, 3.63) is 30.1 Å². The molecule has 0 saturated carbocycles. The van der Waals surface area contributed by atoms with Crippen LogP contribution in [0, 0.1) is 6.92 Å². The molecule has 9 heteroatoms. The highest BCUT2D eigenvalue weighted by Gasteiger charge is 2.22. The highest BCUT2D eigenvalue weighted by Crippen LogP contribution is 2.14. The lowest BCUT2D eigenvalue weighted by Crippen LogP contribution is -2.50. The molecule has 1 fully saturated rings. The van der Waals surface area contributed by atoms with Crippen LogP contribution in [0.15, 0.2) is 24.4 Å². The Bertz CT molecular complexity index is 730. The van der Waals surface area contributed by atoms with Crippen LogP contribution in [0.4, 0.5) is 11.6 Å². The number of aromatic nitrogens is 4. The van der Waals surface area contributed by atoms with Crippen molar-refractivity contribution in [2.45, 2.75) is 13.8 Å². The molecule has 26 heavy (non-hydrogen) atoms. The number of anilines is 2. The number of amides is 1. The molecule has 0 spiro atoms. The molecular weight excluding hydrogens is 334 g/mol. The van der Waals surface area contributed by atoms with Gasteiger partial charge in [-0.2, -0.15) is 0 Å². The first-order valence-corrected chi connectivity index (χ1v) is 8.68. The van der Waals surface area contributed by atoms with Crippen LogP contribution in [-0.2, 0) is 4.79 Å². The number of aryl methyl sites for hydroxylation is 1. The van der Waals surface area contributed by atoms with E-state index >= 15 is 0 Å². The largest absolute Gasteiger partial charge is 0.453 e. The normalized spacial score (nSPS) is 14.2. The number of hydrogen-bond acceptors (Lipinski definition) is 8. The van der Waals surface area contributed by atoms with Crippen molar-refractivity contribution in [1.29, 1.82) is 0 Å². The standard InChI is InChI=1S/C17H23N7O2/c1-3-18-14-4-5-15(22-21-14)23-8-10-24(11-9-23)16(25)12-26-17-19-7-6-13(2)20-17/h4-7H,3,8-12H2,1-2H3,(H,18,21). The van der Waals surface area contributed by atoms with Gasteiger partial charge in [0.1, 0.15) is 5.82 Å². The average molecular weight is 357 g/mol. The maximum Gasteiger partial charge on any atom is 0.317 e. The van der Waals surface area contributed by atoms with Crippen molar-refractivity contribution in [2.24, 2.45) is 0 Å². The summed E-state index contributed by atoms with van der Waals surface area (Å²) in [5, 5.41) is 11.5. The molecule has 0 atom stereocenters. The fourth-order valence-corrected chi connectivity index (χ4v) is 2.67. The highest BCUT2D eigenvalue weighted by atomic mass is 16.5. The minimum Gasteiger partial charge on any atom is -0.453 e. The second kappa shape index (κ2) is 8.41. The summed E-state index contributed by atoms with van der Waals surface area (Å²) in [6.07, 6.45) is 1.61. The third-order valence-electron chi connectivity index (χ3n) is 4.06. The van der Waals surface area contributed by atoms with Crippen LogP contribution in [0.3, 0.4) is 0 Å². The van der Waals surface area contributed by atoms with Crippen LogP contribution >= 0.6 is 0 Å². The van der Waals surface area contributed by atoms with Crippen LogP contribution in [0.25, 0.3) is 0 Å². The number of nitrogens with one attached hydrogen (secondary N) is 1. The van der Waals surface area contributed by atoms with Crippen molar-refractivity contribution in [2.75, 3.05) is 49.5 Å². The van der Waals surface area contributed by atoms with Gasteiger partial charge in [0.05, 0.1) is 0 Å². The summed E-state index contributed by atoms with van der Waals surface area (Å²) in [6, 6.07) is 5.87. The van der Waals surface area contributed by atoms with Crippen molar-refractivity contribution in [3.8, 4) is 6.01 Å². The van der Waals surface area contributed by atoms with Gasteiger partial charge < -0.3 is 19.9 Å². The van der Waals surface area contributed by atoms with Gasteiger partial charge in [-0.25, -0.2) is 9.97 Å². The van der Waals surface area contributed by atoms with Crippen molar-refractivity contribution < 1.29 is 9.53 Å². The van der Waals surface area contributed by atoms with Crippen LogP contribution in [-0.4, -0.2) is 70.3 Å². The molecule has 0 radical (unpaired) electrons. The number of ether oxygens (including phenoxy) is 1. The third kappa shape index (κ3) is 4.56. The molecule has 1 aliphatic heterocycles. The zero-order valence-electron chi connectivity index (χ0n) is 15.1. The smallest absolute Gasteiger partial charge is 0.317 e. The fourth-order valence-electron chi connectivity index (χ4n) is 2.67. The first-order chi connectivity index (χ1) is 12.7. The van der Waals surface area contributed by atoms with Crippen LogP contribution in [0.5, 0.6) is 6.01 Å². The number of carbonyl (C=O) groups excluding carboxylic acids is 1. The quantitative estimate of drug-likeness (QED) is 0.808. The van der Waals surface area contributed by atoms with Gasteiger partial charge in [0.2, 0.25) is 0 Å². The zero-order valence-corrected chi connectivity index (χ0v) is 15.1. The maximum absolute atomic E-state index is 12.3. The molecule has 9 nitrogen and oxygen atoms in total. The van der Waals surface area contributed by atoms with Crippen molar-refractivity contribution in [3.63, 3.8) is 0 Å². The Morgan fingerprint density at radius 1 is 1.19 bits per heavy atom. The molecule has 0 aliphatic carbocycles. The Morgan fingerprint density at radius 3 is 2.65 bits per heavy atom. The first kappa shape index (κ1) is 17.8. The van der Waals surface area contributed by atoms with E-state index in [1.54, 1.807) is 17.2 Å². The Hall–Kier alpha value is -2.97. The van der Waals surface area contributed by atoms with E-state index in [1.165, 1.54) is 0 Å². The monoisotopic (exact) mass is 357 g/mol. The lowest BCUT2D eigenvalue weighted by atomic mass is 10.3. The molecule has 0 bridgehead atoms. The van der Waals surface area contributed by atoms with E-state index in [1.807, 2.05) is 26.0 Å². The number of carbonyl (C=O) groups is 1. The minimum absolute atomic E-state index is 0.0549. The van der Waals surface area contributed by atoms with Crippen LogP contribution in [0.2, 0.25) is 0 Å². The Balaban J connectivity index is 1.47. The van der Waals surface area contributed by atoms with Gasteiger partial charge in [-0.3, -0.25) is 4.79 Å². The van der Waals surface area contributed by atoms with Crippen molar-refractivity contribution >= 4 is 17.5 Å². The molecular formula is C17H23N7O2. The van der Waals surface area contributed by atoms with Gasteiger partial charge >= 0.3 is 6.01 Å². The summed E-state index contributed by atoms with van der Waals surface area (Å²) in [5.41, 5.74) is 0.803. The third-order valence-corrected chi connectivity index (χ3v) is 4.06. The number of hydrogen-bond donors (Lipinski definition) is 1. The van der Waals surface area contributed by atoms with Gasteiger partial charge in [0.15, 0.2) is 12.4 Å². The summed E-state index contributed by atoms with van der Waals surface area (Å²) in [7, 11) is 0. The molecule has 2 aromatic heterocycles. The van der Waals surface area contributed by atoms with Gasteiger partial charge in [-0.05, 0) is 32.0 Å². The molecule has 1 amide bonds. The van der Waals surface area contributed by atoms with E-state index in [0.717, 1.165) is 23.9 Å². The predicted molar refractivity (Wildman–Crippen MR) is 97.3 cm³/mol. The topological polar surface area (TPSA) is 96.4 Å². The minimum atomic E-state index is -0.0664. The molecule has 0 unspecified atom stereocenters. The second-order valence-corrected chi connectivity index (χ2v) is 5.94. The molecule has 3 heterocycles. The van der Waals surface area contributed by atoms with Crippen molar-refractivity contribution in [1.82, 2.24) is 25.1 Å². The van der Waals surface area contributed by atoms with E-state index in [-0.39, 0.29) is 18.5 Å². The van der Waals surface area contributed by atoms with E-state index in [0.29, 0.717) is 26.2 Å². The lowest BCUT2D eigenvalue weighted by molar-refractivity contribution is -0.133. The molecule has 138 valence electrons. The molecule has 2 aromatic rings. The average Bonchev–Trinajstić information content (AvgIpc) is 2.67. The van der Waals surface area contributed by atoms with Gasteiger partial charge in [0, 0.05) is 44.6 Å². The van der Waals surface area contributed by atoms with Crippen LogP contribution < -0.4 is 15.0 Å². The highest BCUT2D eigenvalue weighted by molar-refractivity contribution is 5.78. The summed E-state index contributed by atoms with van der Waals surface area (Å²) in [6.45, 7) is 7.28.